The van der Waals surface area contributed by atoms with E-state index < -0.39 is 16.1 Å². The molecule has 1 aliphatic heterocycles. The third-order valence-electron chi connectivity index (χ3n) is 7.39. The van der Waals surface area contributed by atoms with E-state index in [1.165, 1.54) is 12.4 Å². The fraction of sp³-hybridized carbons (Fsp3) is 0.400. The smallest absolute Gasteiger partial charge is 0.244 e. The number of nitrogens with two attached hydrogens (primary N) is 1. The van der Waals surface area contributed by atoms with Crippen molar-refractivity contribution in [3.63, 3.8) is 0 Å². The van der Waals surface area contributed by atoms with E-state index in [0.29, 0.717) is 42.2 Å². The lowest BCUT2D eigenvalue weighted by atomic mass is 9.88. The summed E-state index contributed by atoms with van der Waals surface area (Å²) >= 11 is 0. The van der Waals surface area contributed by atoms with Crippen molar-refractivity contribution in [2.75, 3.05) is 17.6 Å². The van der Waals surface area contributed by atoms with E-state index >= 15 is 0 Å². The van der Waals surface area contributed by atoms with Gasteiger partial charge in [0.15, 0.2) is 0 Å². The first-order chi connectivity index (χ1) is 19.6. The predicted molar refractivity (Wildman–Crippen MR) is 166 cm³/mol. The molecule has 12 heteroatoms. The number of pyridine rings is 2. The molecule has 1 fully saturated rings. The molecule has 3 atom stereocenters. The largest absolute Gasteiger partial charge is 0.384 e. The summed E-state index contributed by atoms with van der Waals surface area (Å²) < 4.78 is 30.5. The first kappa shape index (κ1) is 33.0. The lowest BCUT2D eigenvalue weighted by molar-refractivity contribution is -0.137. The summed E-state index contributed by atoms with van der Waals surface area (Å²) in [4.78, 5) is 36.5. The molecule has 1 aromatic carbocycles. The SMILES string of the molecule is CCCC(NS(=O)(=O)c1cncc(-c2ccccc2)c1NC(=O)CC)C(=O)N1CC[C@H](C)C[C@H]1c1ccc(N)nc1.Cl. The second-order valence-corrected chi connectivity index (χ2v) is 12.2. The highest BCUT2D eigenvalue weighted by molar-refractivity contribution is 7.89. The minimum Gasteiger partial charge on any atom is -0.384 e. The Kier molecular flexibility index (Phi) is 11.4. The summed E-state index contributed by atoms with van der Waals surface area (Å²) in [6.45, 7) is 6.23. The molecule has 10 nitrogen and oxygen atoms in total. The number of piperidine rings is 1. The third-order valence-corrected chi connectivity index (χ3v) is 8.87. The number of hydrogen-bond donors (Lipinski definition) is 3. The quantitative estimate of drug-likeness (QED) is 0.293. The fourth-order valence-electron chi connectivity index (χ4n) is 5.15. The van der Waals surface area contributed by atoms with Crippen molar-refractivity contribution < 1.29 is 18.0 Å². The normalized spacial score (nSPS) is 17.6. The second kappa shape index (κ2) is 14.6. The molecule has 1 aliphatic rings. The van der Waals surface area contributed by atoms with Crippen molar-refractivity contribution in [2.24, 2.45) is 5.92 Å². The van der Waals surface area contributed by atoms with Gasteiger partial charge in [-0.25, -0.2) is 13.4 Å². The number of rotatable bonds is 10. The van der Waals surface area contributed by atoms with E-state index in [0.717, 1.165) is 18.4 Å². The molecule has 4 N–H and O–H groups in total. The van der Waals surface area contributed by atoms with Crippen molar-refractivity contribution in [2.45, 2.75) is 69.9 Å². The standard InChI is InChI=1S/C30H38N6O4S.ClH/c1-4-9-24(30(38)36-15-14-20(3)16-25(36)22-12-13-27(31)33-17-22)35-41(39,40)26-19-32-18-23(21-10-7-6-8-11-21)29(26)34-28(37)5-2;/h6-8,10-13,17-20,24-25,35H,4-5,9,14-16H2,1-3H3,(H2,31,33)(H,32,34,37);1H/t20-,24?,25-;/m0./s1. The van der Waals surface area contributed by atoms with Crippen molar-refractivity contribution in [1.29, 1.82) is 0 Å². The first-order valence-electron chi connectivity index (χ1n) is 14.0. The number of hydrogen-bond acceptors (Lipinski definition) is 7. The van der Waals surface area contributed by atoms with Gasteiger partial charge in [0.1, 0.15) is 16.8 Å². The van der Waals surface area contributed by atoms with Crippen LogP contribution in [0.5, 0.6) is 0 Å². The van der Waals surface area contributed by atoms with Crippen LogP contribution in [0.25, 0.3) is 11.1 Å². The maximum Gasteiger partial charge on any atom is 0.244 e. The Morgan fingerprint density at radius 3 is 2.48 bits per heavy atom. The Hall–Kier alpha value is -3.54. The number of nitrogens with zero attached hydrogens (tertiary/aromatic N) is 3. The van der Waals surface area contributed by atoms with Gasteiger partial charge in [0.05, 0.1) is 11.7 Å². The Bertz CT molecular complexity index is 1470. The Balaban J connectivity index is 0.00000484. The minimum atomic E-state index is -4.28. The number of carbonyl (C=O) groups excluding carboxylic acids is 2. The van der Waals surface area contributed by atoms with Gasteiger partial charge in [-0.15, -0.1) is 12.4 Å². The minimum absolute atomic E-state index is 0. The maximum absolute atomic E-state index is 14.0. The van der Waals surface area contributed by atoms with Gasteiger partial charge >= 0.3 is 0 Å². The molecule has 1 unspecified atom stereocenters. The fourth-order valence-corrected chi connectivity index (χ4v) is 6.50. The highest BCUT2D eigenvalue weighted by Crippen LogP contribution is 2.36. The van der Waals surface area contributed by atoms with Crippen LogP contribution in [-0.2, 0) is 19.6 Å². The Morgan fingerprint density at radius 1 is 1.10 bits per heavy atom. The van der Waals surface area contributed by atoms with E-state index in [4.69, 9.17) is 5.73 Å². The molecule has 3 aromatic rings. The predicted octanol–water partition coefficient (Wildman–Crippen LogP) is 4.94. The zero-order valence-corrected chi connectivity index (χ0v) is 25.7. The van der Waals surface area contributed by atoms with Crippen LogP contribution in [0.15, 0.2) is 66.0 Å². The maximum atomic E-state index is 14.0. The van der Waals surface area contributed by atoms with Gasteiger partial charge in [-0.05, 0) is 42.4 Å². The average Bonchev–Trinajstić information content (AvgIpc) is 2.97. The summed E-state index contributed by atoms with van der Waals surface area (Å²) in [5.74, 6) is 0.146. The number of anilines is 2. The molecule has 0 bridgehead atoms. The van der Waals surface area contributed by atoms with E-state index in [1.54, 1.807) is 24.1 Å². The molecule has 0 radical (unpaired) electrons. The van der Waals surface area contributed by atoms with E-state index in [2.05, 4.69) is 26.9 Å². The number of benzene rings is 1. The topological polar surface area (TPSA) is 147 Å². The molecule has 2 aromatic heterocycles. The van der Waals surface area contributed by atoms with Gasteiger partial charge in [-0.3, -0.25) is 14.6 Å². The Labute approximate surface area is 254 Å². The molecule has 0 spiro atoms. The van der Waals surface area contributed by atoms with Crippen molar-refractivity contribution >= 4 is 45.7 Å². The lowest BCUT2D eigenvalue weighted by Crippen LogP contribution is -2.51. The van der Waals surface area contributed by atoms with Crippen LogP contribution in [0.1, 0.15) is 64.5 Å². The van der Waals surface area contributed by atoms with Crippen LogP contribution in [0.2, 0.25) is 0 Å². The molecule has 0 aliphatic carbocycles. The molecule has 0 saturated carbocycles. The molecule has 4 rings (SSSR count). The third kappa shape index (κ3) is 7.64. The van der Waals surface area contributed by atoms with Crippen molar-refractivity contribution in [3.8, 4) is 11.1 Å². The molecule has 1 saturated heterocycles. The summed E-state index contributed by atoms with van der Waals surface area (Å²) in [5, 5.41) is 2.76. The Morgan fingerprint density at radius 2 is 1.83 bits per heavy atom. The first-order valence-corrected chi connectivity index (χ1v) is 15.5. The monoisotopic (exact) mass is 614 g/mol. The van der Waals surface area contributed by atoms with E-state index in [-0.39, 0.29) is 47.3 Å². The molecule has 2 amide bonds. The number of likely N-dealkylation sites (tertiary alicyclic amines) is 1. The summed E-state index contributed by atoms with van der Waals surface area (Å²) in [6, 6.07) is 11.5. The number of sulfonamides is 1. The van der Waals surface area contributed by atoms with Crippen molar-refractivity contribution in [1.82, 2.24) is 19.6 Å². The molecule has 42 heavy (non-hydrogen) atoms. The molecule has 226 valence electrons. The number of aromatic nitrogens is 2. The summed E-state index contributed by atoms with van der Waals surface area (Å²) in [7, 11) is -4.28. The average molecular weight is 615 g/mol. The van der Waals surface area contributed by atoms with Gasteiger partial charge in [-0.1, -0.05) is 63.6 Å². The van der Waals surface area contributed by atoms with Gasteiger partial charge in [0, 0.05) is 37.1 Å². The zero-order valence-electron chi connectivity index (χ0n) is 24.1. The summed E-state index contributed by atoms with van der Waals surface area (Å²) in [6.07, 6.45) is 7.01. The lowest BCUT2D eigenvalue weighted by Gasteiger charge is -2.40. The molecule has 3 heterocycles. The van der Waals surface area contributed by atoms with Crippen LogP contribution >= 0.6 is 12.4 Å². The number of amides is 2. The van der Waals surface area contributed by atoms with Gasteiger partial charge in [0.2, 0.25) is 21.8 Å². The number of nitrogens with one attached hydrogen (secondary N) is 2. The highest BCUT2D eigenvalue weighted by Gasteiger charge is 2.37. The highest BCUT2D eigenvalue weighted by atomic mass is 35.5. The number of carbonyl (C=O) groups is 2. The second-order valence-electron chi connectivity index (χ2n) is 10.5. The van der Waals surface area contributed by atoms with Crippen LogP contribution < -0.4 is 15.8 Å². The number of nitrogen functional groups attached to an aromatic ring is 1. The van der Waals surface area contributed by atoms with Gasteiger partial charge in [-0.2, -0.15) is 4.72 Å². The molecular weight excluding hydrogens is 576 g/mol. The van der Waals surface area contributed by atoms with Crippen LogP contribution in [0.3, 0.4) is 0 Å². The van der Waals surface area contributed by atoms with Crippen LogP contribution in [-0.4, -0.2) is 47.7 Å². The number of halogens is 1. The summed E-state index contributed by atoms with van der Waals surface area (Å²) in [5.41, 5.74) is 7.95. The molecular formula is C30H39ClN6O4S. The van der Waals surface area contributed by atoms with Gasteiger partial charge < -0.3 is 16.0 Å². The van der Waals surface area contributed by atoms with Crippen LogP contribution in [0, 0.1) is 5.92 Å². The van der Waals surface area contributed by atoms with E-state index in [1.807, 2.05) is 43.3 Å². The van der Waals surface area contributed by atoms with Gasteiger partial charge in [0.25, 0.3) is 0 Å². The van der Waals surface area contributed by atoms with Crippen molar-refractivity contribution in [3.05, 3.63) is 66.6 Å². The van der Waals surface area contributed by atoms with Crippen LogP contribution in [0.4, 0.5) is 11.5 Å². The van der Waals surface area contributed by atoms with E-state index in [9.17, 15) is 18.0 Å². The zero-order chi connectivity index (χ0) is 29.6.